The SMILES string of the molecule is C.CC.CC.CC.CC.CC.CC.CC.CC.CC(=O)O.CC(=O)O.CC(=O)O.CC(I)I.IC(I)I.NO.Nc1ccccc1/C=N/O.O=Cc1ccccc1[N+](=O)[O-].O=[N+]([O-])c1ccccc1/C=N/O.O=[N+]([O-])c1ccccc1/C=N/O.[CH3-].[Y].[Y].[Y]. The first-order valence-corrected chi connectivity index (χ1v) is 31.1. The number of carboxylic acid groups (broad SMARTS) is 3. The summed E-state index contributed by atoms with van der Waals surface area (Å²) < 4.78 is 1.52. The first-order valence-electron chi connectivity index (χ1n) is 24.8. The number of para-hydroxylation sites is 4. The summed E-state index contributed by atoms with van der Waals surface area (Å²) in [5, 5.41) is 92.5. The Bertz CT molecular complexity index is 2030. The van der Waals surface area contributed by atoms with Gasteiger partial charge in [-0.15, -0.1) is 0 Å². The molecule has 33 heteroatoms. The fourth-order valence-corrected chi connectivity index (χ4v) is 3.09. The van der Waals surface area contributed by atoms with Gasteiger partial charge in [-0.1, -0.05) is 301 Å². The minimum absolute atomic E-state index is 0. The largest absolute Gasteiger partial charge is 0.481 e. The monoisotopic (exact) mass is 2050 g/mol. The quantitative estimate of drug-likeness (QED) is 0.00955. The fourth-order valence-electron chi connectivity index (χ4n) is 3.09. The first-order chi connectivity index (χ1) is 39.3. The van der Waals surface area contributed by atoms with Crippen LogP contribution >= 0.6 is 113 Å². The number of carboxylic acids is 3. The van der Waals surface area contributed by atoms with Crippen molar-refractivity contribution in [1.29, 1.82) is 0 Å². The Labute approximate surface area is 669 Å². The minimum Gasteiger partial charge on any atom is -0.481 e. The number of hydrogen-bond donors (Lipinski definition) is 9. The summed E-state index contributed by atoms with van der Waals surface area (Å²) in [5.41, 5.74) is 7.22. The number of oxime groups is 3. The molecule has 0 aliphatic heterocycles. The van der Waals surface area contributed by atoms with Crippen LogP contribution in [0.3, 0.4) is 0 Å². The molecule has 4 aromatic rings. The molecule has 0 aliphatic carbocycles. The number of carbonyl (C=O) groups excluding carboxylic acids is 1. The molecule has 0 saturated carbocycles. The minimum atomic E-state index is -0.833. The number of nitro benzene ring substituents is 3. The second-order valence-electron chi connectivity index (χ2n) is 10.3. The average molecular weight is 2050 g/mol. The Hall–Kier alpha value is -1.75. The van der Waals surface area contributed by atoms with Crippen LogP contribution in [0, 0.1) is 37.8 Å². The van der Waals surface area contributed by atoms with Gasteiger partial charge in [-0.05, 0) is 31.2 Å². The molecule has 0 aromatic heterocycles. The van der Waals surface area contributed by atoms with E-state index < -0.39 is 32.7 Å². The first kappa shape index (κ1) is 139. The predicted octanol–water partition coefficient (Wildman–Crippen LogP) is 19.0. The van der Waals surface area contributed by atoms with E-state index in [9.17, 15) is 35.1 Å². The molecule has 0 saturated heterocycles. The van der Waals surface area contributed by atoms with Gasteiger partial charge in [0.25, 0.3) is 35.0 Å². The smallest absolute Gasteiger partial charge is 0.300 e. The van der Waals surface area contributed by atoms with Crippen molar-refractivity contribution in [2.24, 2.45) is 21.4 Å². The number of alkyl halides is 5. The molecule has 0 aliphatic rings. The number of anilines is 1. The zero-order valence-electron chi connectivity index (χ0n) is 53.9. The molecule has 0 spiro atoms. The molecule has 88 heavy (non-hydrogen) atoms. The molecule has 4 rings (SSSR count). The van der Waals surface area contributed by atoms with Crippen molar-refractivity contribution < 1.29 is 168 Å². The number of nitrogen functional groups attached to an aromatic ring is 1. The summed E-state index contributed by atoms with van der Waals surface area (Å²) in [6.45, 7) is 37.4. The Morgan fingerprint density at radius 2 is 0.602 bits per heavy atom. The molecule has 0 heterocycles. The summed E-state index contributed by atoms with van der Waals surface area (Å²) in [5.74, 6) is 1.00. The Morgan fingerprint density at radius 1 is 0.455 bits per heavy atom. The number of benzene rings is 4. The standard InChI is InChI=1S/2C7H6N2O3.C7H8N2O.C7H5NO3.C2H4I2.3C2H4O2.8C2H6.CHI3.CH4.CH3.H3NO.3Y/c2*10-8-5-6-3-1-2-4-7(6)9(11)12;8-7-4-2-1-3-6(7)5-9-10;9-5-6-3-1-2-4-7(6)8(10)11;4*1-2(3)4;8*1-2;2-1(3)4;;;1-2;;;/h2*1-5,10H;1-5,10H,8H2;1-5H;2H,1H3;3*1H3,(H,3,4);8*1-2H3;1H;1H4;1H3;2H,1H2;;;/q;;;;;;;;;;;;;;;;;;-1;;;;/b2*8-5+;9-5+;;;;;;;;;;;;;;;;;;;;. The van der Waals surface area contributed by atoms with Crippen LogP contribution in [0.5, 0.6) is 0 Å². The van der Waals surface area contributed by atoms with Crippen LogP contribution in [-0.2, 0) is 113 Å². The van der Waals surface area contributed by atoms with Gasteiger partial charge in [0, 0.05) is 148 Å². The fraction of sp³-hybridized carbons (Fsp3) is 0.418. The van der Waals surface area contributed by atoms with Crippen LogP contribution in [0.1, 0.15) is 173 Å². The molecule has 0 fully saturated rings. The van der Waals surface area contributed by atoms with E-state index in [0.29, 0.717) is 12.0 Å². The topological polar surface area (TPSA) is 428 Å². The number of nitrogens with zero attached hydrogens (tertiary/aromatic N) is 6. The average Bonchev–Trinajstić information content (AvgIpc) is 3.46. The van der Waals surface area contributed by atoms with Gasteiger partial charge in [-0.25, -0.2) is 5.90 Å². The van der Waals surface area contributed by atoms with E-state index >= 15 is 0 Å². The predicted molar refractivity (Wildman–Crippen MR) is 397 cm³/mol. The van der Waals surface area contributed by atoms with Crippen molar-refractivity contribution in [2.45, 2.75) is 148 Å². The summed E-state index contributed by atoms with van der Waals surface area (Å²) in [4.78, 5) is 66.5. The number of nitro groups is 3. The van der Waals surface area contributed by atoms with Crippen molar-refractivity contribution in [1.82, 2.24) is 0 Å². The van der Waals surface area contributed by atoms with E-state index in [1.54, 1.807) is 42.5 Å². The van der Waals surface area contributed by atoms with Crippen molar-refractivity contribution in [2.75, 3.05) is 5.73 Å². The summed E-state index contributed by atoms with van der Waals surface area (Å²) >= 11 is 11.6. The van der Waals surface area contributed by atoms with Crippen LogP contribution in [0.4, 0.5) is 22.7 Å². The second-order valence-corrected chi connectivity index (χ2v) is 27.3. The molecular weight excluding hydrogens is 1950 g/mol. The van der Waals surface area contributed by atoms with Gasteiger partial charge in [-0.3, -0.25) is 49.5 Å². The summed E-state index contributed by atoms with van der Waals surface area (Å²) in [7, 11) is 0. The zero-order chi connectivity index (χ0) is 69.5. The van der Waals surface area contributed by atoms with Gasteiger partial charge in [0.1, 0.15) is -0.0619 Å². The molecule has 0 atom stereocenters. The van der Waals surface area contributed by atoms with Crippen molar-refractivity contribution in [3.05, 3.63) is 157 Å². The molecule has 11 N–H and O–H groups in total. The number of carbonyl (C=O) groups is 4. The number of aliphatic carboxylic acids is 3. The third-order valence-corrected chi connectivity index (χ3v) is 5.11. The molecular formula is C55H100I5N8O17Y3-. The van der Waals surface area contributed by atoms with E-state index in [-0.39, 0.29) is 147 Å². The van der Waals surface area contributed by atoms with Crippen LogP contribution in [-0.4, -0.2) is 95.6 Å². The number of hydrogen-bond acceptors (Lipinski definition) is 19. The number of rotatable bonds is 7. The summed E-state index contributed by atoms with van der Waals surface area (Å²) in [6, 6.07) is 25.0. The molecule has 0 bridgehead atoms. The van der Waals surface area contributed by atoms with E-state index in [0.717, 1.165) is 40.6 Å². The molecule has 507 valence electrons. The van der Waals surface area contributed by atoms with E-state index in [1.807, 2.05) is 123 Å². The normalized spacial score (nSPS) is 7.42. The van der Waals surface area contributed by atoms with Gasteiger partial charge in [0.2, 0.25) is 0 Å². The third-order valence-electron chi connectivity index (χ3n) is 5.11. The molecule has 3 radical (unpaired) electrons. The van der Waals surface area contributed by atoms with Crippen LogP contribution < -0.4 is 11.6 Å². The maximum atomic E-state index is 10.4. The van der Waals surface area contributed by atoms with E-state index in [2.05, 4.69) is 141 Å². The second kappa shape index (κ2) is 126. The van der Waals surface area contributed by atoms with E-state index in [4.69, 9.17) is 56.3 Å². The number of nitrogens with two attached hydrogens (primary N) is 2. The molecule has 0 unspecified atom stereocenters. The maximum absolute atomic E-state index is 10.4. The number of halogens is 5. The number of aldehydes is 1. The maximum Gasteiger partial charge on any atom is 0.300 e. The van der Waals surface area contributed by atoms with Gasteiger partial charge in [0.05, 0.1) is 52.0 Å². The van der Waals surface area contributed by atoms with Gasteiger partial charge >= 0.3 is 0 Å². The molecule has 0 amide bonds. The molecule has 4 aromatic carbocycles. The van der Waals surface area contributed by atoms with Crippen molar-refractivity contribution in [3.63, 3.8) is 0 Å². The van der Waals surface area contributed by atoms with Crippen molar-refractivity contribution in [3.8, 4) is 0 Å². The Morgan fingerprint density at radius 3 is 0.761 bits per heavy atom. The zero-order valence-corrected chi connectivity index (χ0v) is 73.2. The van der Waals surface area contributed by atoms with Gasteiger partial charge < -0.3 is 49.3 Å². The third kappa shape index (κ3) is 137. The summed E-state index contributed by atoms with van der Waals surface area (Å²) in [6.07, 6.45) is 3.82. The Kier molecular flexibility index (Phi) is 199. The van der Waals surface area contributed by atoms with Crippen LogP contribution in [0.25, 0.3) is 0 Å². The van der Waals surface area contributed by atoms with Crippen molar-refractivity contribution >= 4 is 179 Å². The Balaban J connectivity index is -0.0000000353. The van der Waals surface area contributed by atoms with Crippen LogP contribution in [0.2, 0.25) is 0 Å². The van der Waals surface area contributed by atoms with Gasteiger partial charge in [0.15, 0.2) is 6.29 Å². The van der Waals surface area contributed by atoms with E-state index in [1.165, 1.54) is 48.7 Å². The van der Waals surface area contributed by atoms with Crippen LogP contribution in [0.15, 0.2) is 113 Å². The molecule has 25 nitrogen and oxygen atoms in total. The van der Waals surface area contributed by atoms with Gasteiger partial charge in [-0.2, -0.15) is 0 Å².